The van der Waals surface area contributed by atoms with E-state index in [2.05, 4.69) is 22.2 Å². The van der Waals surface area contributed by atoms with Gasteiger partial charge in [0.25, 0.3) is 0 Å². The fourth-order valence-corrected chi connectivity index (χ4v) is 4.79. The van der Waals surface area contributed by atoms with Gasteiger partial charge in [0.05, 0.1) is 0 Å². The number of piperazine rings is 1. The average Bonchev–Trinajstić information content (AvgIpc) is 3.20. The van der Waals surface area contributed by atoms with E-state index in [-0.39, 0.29) is 37.2 Å². The van der Waals surface area contributed by atoms with Crippen LogP contribution in [0.15, 0.2) is 36.4 Å². The van der Waals surface area contributed by atoms with Crippen LogP contribution in [-0.4, -0.2) is 48.1 Å². The topological polar surface area (TPSA) is 38.7 Å². The van der Waals surface area contributed by atoms with E-state index < -0.39 is 17.2 Å². The second-order valence-electron chi connectivity index (χ2n) is 8.81. The minimum Gasteiger partial charge on any atom is -0.508 e. The molecule has 0 amide bonds. The van der Waals surface area contributed by atoms with Gasteiger partial charge in [-0.2, -0.15) is 0 Å². The Kier molecular flexibility index (Phi) is 11.8. The van der Waals surface area contributed by atoms with Gasteiger partial charge in [-0.1, -0.05) is 25.0 Å². The van der Waals surface area contributed by atoms with E-state index in [0.29, 0.717) is 17.9 Å². The van der Waals surface area contributed by atoms with Gasteiger partial charge in [-0.25, -0.2) is 8.78 Å². The fourth-order valence-electron chi connectivity index (χ4n) is 4.79. The fraction of sp³-hybridized carbons (Fsp3) is 0.500. The predicted molar refractivity (Wildman–Crippen MR) is 136 cm³/mol. The highest BCUT2D eigenvalue weighted by Gasteiger charge is 2.37. The Balaban J connectivity index is 0.00000181. The number of aromatic hydroxyl groups is 1. The molecule has 1 aliphatic heterocycles. The summed E-state index contributed by atoms with van der Waals surface area (Å²) in [4.78, 5) is 4.67. The van der Waals surface area contributed by atoms with Crippen molar-refractivity contribution < 1.29 is 13.9 Å². The van der Waals surface area contributed by atoms with E-state index >= 15 is 0 Å². The number of halogens is 5. The van der Waals surface area contributed by atoms with Crippen molar-refractivity contribution in [2.45, 2.75) is 44.3 Å². The summed E-state index contributed by atoms with van der Waals surface area (Å²) in [6.07, 6.45) is 3.71. The lowest BCUT2D eigenvalue weighted by molar-refractivity contribution is 0.147. The number of phenols is 1. The molecule has 9 heteroatoms. The first-order chi connectivity index (χ1) is 14.4. The summed E-state index contributed by atoms with van der Waals surface area (Å²) in [7, 11) is 2.13. The molecule has 2 aromatic rings. The van der Waals surface area contributed by atoms with Crippen LogP contribution in [0.5, 0.6) is 5.75 Å². The van der Waals surface area contributed by atoms with Crippen LogP contribution in [0.1, 0.15) is 42.4 Å². The standard InChI is InChI=1S/C24H31F2N3O.3ClH/c1-28-10-12-29(13-11-28)17-19-14-18(4-7-23(19)30)16-27-24(8-2-3-9-24)21-6-5-20(25)15-22(21)26;;;/h4-7,14-15,27,30H,2-3,8-13,16-17H2,1H3;3*1H. The lowest BCUT2D eigenvalue weighted by Crippen LogP contribution is -2.43. The highest BCUT2D eigenvalue weighted by molar-refractivity contribution is 5.86. The van der Waals surface area contributed by atoms with Crippen molar-refractivity contribution in [1.82, 2.24) is 15.1 Å². The summed E-state index contributed by atoms with van der Waals surface area (Å²) >= 11 is 0. The van der Waals surface area contributed by atoms with Gasteiger partial charge in [0.15, 0.2) is 0 Å². The molecule has 0 bridgehead atoms. The Bertz CT molecular complexity index is 889. The quantitative estimate of drug-likeness (QED) is 0.542. The Morgan fingerprint density at radius 2 is 1.61 bits per heavy atom. The molecular formula is C24H34Cl3F2N3O. The van der Waals surface area contributed by atoms with Gasteiger partial charge in [0.2, 0.25) is 0 Å². The van der Waals surface area contributed by atoms with Crippen LogP contribution in [0.2, 0.25) is 0 Å². The maximum absolute atomic E-state index is 14.6. The van der Waals surface area contributed by atoms with Crippen LogP contribution < -0.4 is 5.32 Å². The third kappa shape index (κ3) is 7.17. The number of benzene rings is 2. The minimum atomic E-state index is -0.545. The summed E-state index contributed by atoms with van der Waals surface area (Å²) in [6, 6.07) is 9.62. The molecule has 2 aromatic carbocycles. The predicted octanol–water partition coefficient (Wildman–Crippen LogP) is 5.24. The smallest absolute Gasteiger partial charge is 0.131 e. The summed E-state index contributed by atoms with van der Waals surface area (Å²) in [5.41, 5.74) is 2.07. The van der Waals surface area contributed by atoms with Gasteiger partial charge in [-0.3, -0.25) is 4.90 Å². The van der Waals surface area contributed by atoms with E-state index in [1.54, 1.807) is 12.1 Å². The molecule has 33 heavy (non-hydrogen) atoms. The first kappa shape index (κ1) is 29.9. The maximum atomic E-state index is 14.6. The normalized spacial score (nSPS) is 18.2. The summed E-state index contributed by atoms with van der Waals surface area (Å²) < 4.78 is 28.0. The number of hydrogen-bond donors (Lipinski definition) is 2. The van der Waals surface area contributed by atoms with Gasteiger partial charge in [-0.15, -0.1) is 37.2 Å². The lowest BCUT2D eigenvalue weighted by atomic mass is 9.87. The number of rotatable bonds is 6. The van der Waals surface area contributed by atoms with Gasteiger partial charge in [-0.05, 0) is 43.7 Å². The summed E-state index contributed by atoms with van der Waals surface area (Å²) in [6.45, 7) is 5.36. The van der Waals surface area contributed by atoms with Gasteiger partial charge < -0.3 is 15.3 Å². The van der Waals surface area contributed by atoms with Gasteiger partial charge >= 0.3 is 0 Å². The van der Waals surface area contributed by atoms with Crippen LogP contribution >= 0.6 is 37.2 Å². The van der Waals surface area contributed by atoms with Crippen LogP contribution in [0.3, 0.4) is 0 Å². The van der Waals surface area contributed by atoms with Crippen molar-refractivity contribution in [3.63, 3.8) is 0 Å². The van der Waals surface area contributed by atoms with Crippen molar-refractivity contribution in [2.24, 2.45) is 0 Å². The number of hydrogen-bond acceptors (Lipinski definition) is 4. The molecule has 1 aliphatic carbocycles. The number of likely N-dealkylation sites (N-methyl/N-ethyl adjacent to an activating group) is 1. The molecule has 186 valence electrons. The molecule has 2 aliphatic rings. The second-order valence-corrected chi connectivity index (χ2v) is 8.81. The molecule has 0 spiro atoms. The molecule has 0 aromatic heterocycles. The second kappa shape index (κ2) is 13.1. The SMILES string of the molecule is CN1CCN(Cc2cc(CNC3(c4ccc(F)cc4F)CCCC3)ccc2O)CC1.Cl.Cl.Cl. The van der Waals surface area contributed by atoms with Crippen LogP contribution in [-0.2, 0) is 18.6 Å². The first-order valence-corrected chi connectivity index (χ1v) is 10.9. The van der Waals surface area contributed by atoms with E-state index in [4.69, 9.17) is 0 Å². The van der Waals surface area contributed by atoms with Crippen molar-refractivity contribution in [3.05, 3.63) is 64.7 Å². The van der Waals surface area contributed by atoms with E-state index in [1.165, 1.54) is 6.07 Å². The number of nitrogens with one attached hydrogen (secondary N) is 1. The Morgan fingerprint density at radius 3 is 2.24 bits per heavy atom. The molecule has 1 saturated heterocycles. The largest absolute Gasteiger partial charge is 0.508 e. The molecule has 4 rings (SSSR count). The Hall–Kier alpha value is -1.15. The summed E-state index contributed by atoms with van der Waals surface area (Å²) in [5, 5.41) is 13.9. The first-order valence-electron chi connectivity index (χ1n) is 10.9. The van der Waals surface area contributed by atoms with Crippen LogP contribution in [0.25, 0.3) is 0 Å². The lowest BCUT2D eigenvalue weighted by Gasteiger charge is -2.33. The number of phenolic OH excluding ortho intramolecular Hbond substituents is 1. The molecule has 4 nitrogen and oxygen atoms in total. The van der Waals surface area contributed by atoms with Gasteiger partial charge in [0, 0.05) is 62.0 Å². The zero-order valence-corrected chi connectivity index (χ0v) is 21.3. The maximum Gasteiger partial charge on any atom is 0.131 e. The minimum absolute atomic E-state index is 0. The monoisotopic (exact) mass is 523 g/mol. The molecular weight excluding hydrogens is 491 g/mol. The zero-order chi connectivity index (χ0) is 21.1. The Morgan fingerprint density at radius 1 is 0.939 bits per heavy atom. The molecule has 1 saturated carbocycles. The average molecular weight is 525 g/mol. The van der Waals surface area contributed by atoms with E-state index in [0.717, 1.165) is 75.6 Å². The molecule has 2 N–H and O–H groups in total. The highest BCUT2D eigenvalue weighted by Crippen LogP contribution is 2.40. The van der Waals surface area contributed by atoms with E-state index in [1.807, 2.05) is 12.1 Å². The number of nitrogens with zero attached hydrogens (tertiary/aromatic N) is 2. The van der Waals surface area contributed by atoms with Gasteiger partial charge in [0.1, 0.15) is 17.4 Å². The zero-order valence-electron chi connectivity index (χ0n) is 18.9. The highest BCUT2D eigenvalue weighted by atomic mass is 35.5. The third-order valence-corrected chi connectivity index (χ3v) is 6.67. The van der Waals surface area contributed by atoms with Crippen LogP contribution in [0.4, 0.5) is 8.78 Å². The third-order valence-electron chi connectivity index (χ3n) is 6.67. The van der Waals surface area contributed by atoms with E-state index in [9.17, 15) is 13.9 Å². The summed E-state index contributed by atoms with van der Waals surface area (Å²) in [5.74, 6) is -0.708. The molecule has 0 atom stereocenters. The van der Waals surface area contributed by atoms with Crippen molar-refractivity contribution in [2.75, 3.05) is 33.2 Å². The molecule has 0 unspecified atom stereocenters. The Labute approximate surface area is 214 Å². The van der Waals surface area contributed by atoms with Crippen molar-refractivity contribution in [1.29, 1.82) is 0 Å². The molecule has 2 fully saturated rings. The molecule has 0 radical (unpaired) electrons. The van der Waals surface area contributed by atoms with Crippen molar-refractivity contribution in [3.8, 4) is 5.75 Å². The van der Waals surface area contributed by atoms with Crippen LogP contribution in [0, 0.1) is 11.6 Å². The van der Waals surface area contributed by atoms with Crippen molar-refractivity contribution >= 4 is 37.2 Å². The molecule has 1 heterocycles.